The average molecular weight is 484 g/mol. The number of amides is 1. The number of hydrogen-bond donors (Lipinski definition) is 2. The Hall–Kier alpha value is -4.40. The Kier molecular flexibility index (Phi) is 6.79. The molecular formula is C27H26FN7O. The van der Waals surface area contributed by atoms with Gasteiger partial charge in [-0.15, -0.1) is 0 Å². The number of rotatable bonds is 6. The van der Waals surface area contributed by atoms with E-state index in [1.165, 1.54) is 0 Å². The van der Waals surface area contributed by atoms with E-state index in [0.717, 1.165) is 35.5 Å². The first-order valence-corrected chi connectivity index (χ1v) is 11.8. The number of halogens is 1. The first kappa shape index (κ1) is 23.3. The summed E-state index contributed by atoms with van der Waals surface area (Å²) in [4.78, 5) is 32.3. The van der Waals surface area contributed by atoms with Crippen molar-refractivity contribution in [2.75, 3.05) is 28.6 Å². The molecule has 0 saturated carbocycles. The van der Waals surface area contributed by atoms with Gasteiger partial charge in [0.2, 0.25) is 5.95 Å². The second-order valence-electron chi connectivity index (χ2n) is 8.70. The Morgan fingerprint density at radius 3 is 2.81 bits per heavy atom. The first-order valence-electron chi connectivity index (χ1n) is 11.8. The second kappa shape index (κ2) is 10.5. The monoisotopic (exact) mass is 483 g/mol. The largest absolute Gasteiger partial charge is 0.354 e. The van der Waals surface area contributed by atoms with E-state index in [1.54, 1.807) is 36.9 Å². The molecule has 36 heavy (non-hydrogen) atoms. The maximum Gasteiger partial charge on any atom is 0.255 e. The van der Waals surface area contributed by atoms with Gasteiger partial charge in [-0.1, -0.05) is 6.07 Å². The number of carbonyl (C=O) groups is 1. The van der Waals surface area contributed by atoms with Crippen LogP contribution in [0.4, 0.5) is 27.5 Å². The van der Waals surface area contributed by atoms with E-state index >= 15 is 0 Å². The van der Waals surface area contributed by atoms with Gasteiger partial charge in [-0.25, -0.2) is 19.3 Å². The molecule has 1 atom stereocenters. The van der Waals surface area contributed by atoms with Gasteiger partial charge in [0.1, 0.15) is 12.0 Å². The zero-order valence-corrected chi connectivity index (χ0v) is 19.9. The lowest BCUT2D eigenvalue weighted by Crippen LogP contribution is -2.37. The van der Waals surface area contributed by atoms with E-state index in [2.05, 4.69) is 30.6 Å². The van der Waals surface area contributed by atoms with Crippen LogP contribution in [0.25, 0.3) is 11.3 Å². The van der Waals surface area contributed by atoms with Crippen molar-refractivity contribution in [3.05, 3.63) is 84.4 Å². The SMILES string of the molecule is Cc1ccc(NC(=O)c2ccnc(N3CCCC(F)C3)c2)cc1Nc1nccc(-c2cccnc2)n1. The van der Waals surface area contributed by atoms with Crippen LogP contribution in [-0.2, 0) is 0 Å². The summed E-state index contributed by atoms with van der Waals surface area (Å²) in [6.07, 6.45) is 7.21. The Balaban J connectivity index is 1.31. The molecule has 4 aromatic rings. The van der Waals surface area contributed by atoms with Gasteiger partial charge in [-0.05, 0) is 67.8 Å². The zero-order chi connectivity index (χ0) is 24.9. The van der Waals surface area contributed by atoms with Gasteiger partial charge < -0.3 is 15.5 Å². The third-order valence-corrected chi connectivity index (χ3v) is 6.05. The molecule has 9 heteroatoms. The Labute approximate surface area is 208 Å². The lowest BCUT2D eigenvalue weighted by atomic mass is 10.1. The van der Waals surface area contributed by atoms with Crippen molar-refractivity contribution in [2.24, 2.45) is 0 Å². The van der Waals surface area contributed by atoms with Crippen LogP contribution in [0, 0.1) is 6.92 Å². The highest BCUT2D eigenvalue weighted by molar-refractivity contribution is 6.05. The molecule has 0 aliphatic carbocycles. The average Bonchev–Trinajstić information content (AvgIpc) is 2.91. The van der Waals surface area contributed by atoms with E-state index in [0.29, 0.717) is 36.0 Å². The summed E-state index contributed by atoms with van der Waals surface area (Å²) in [5.41, 5.74) is 4.47. The number of hydrogen-bond acceptors (Lipinski definition) is 7. The molecular weight excluding hydrogens is 457 g/mol. The minimum atomic E-state index is -0.870. The third-order valence-electron chi connectivity index (χ3n) is 6.05. The van der Waals surface area contributed by atoms with Crippen LogP contribution < -0.4 is 15.5 Å². The minimum Gasteiger partial charge on any atom is -0.354 e. The molecule has 8 nitrogen and oxygen atoms in total. The smallest absolute Gasteiger partial charge is 0.255 e. The molecule has 0 spiro atoms. The van der Waals surface area contributed by atoms with Crippen LogP contribution in [0.2, 0.25) is 0 Å². The molecule has 1 aromatic carbocycles. The van der Waals surface area contributed by atoms with Gasteiger partial charge in [0.05, 0.1) is 12.2 Å². The van der Waals surface area contributed by atoms with Crippen LogP contribution >= 0.6 is 0 Å². The van der Waals surface area contributed by atoms with E-state index in [9.17, 15) is 9.18 Å². The molecule has 0 bridgehead atoms. The number of aryl methyl sites for hydroxylation is 1. The predicted octanol–water partition coefficient (Wildman–Crippen LogP) is 5.18. The topological polar surface area (TPSA) is 95.9 Å². The molecule has 1 unspecified atom stereocenters. The Bertz CT molecular complexity index is 1370. The molecule has 3 aromatic heterocycles. The highest BCUT2D eigenvalue weighted by Gasteiger charge is 2.21. The van der Waals surface area contributed by atoms with Gasteiger partial charge in [-0.3, -0.25) is 9.78 Å². The van der Waals surface area contributed by atoms with E-state index < -0.39 is 6.17 Å². The maximum atomic E-state index is 13.8. The number of benzene rings is 1. The molecule has 182 valence electrons. The maximum absolute atomic E-state index is 13.8. The summed E-state index contributed by atoms with van der Waals surface area (Å²) in [6.45, 7) is 3.00. The van der Waals surface area contributed by atoms with Gasteiger partial charge in [0.25, 0.3) is 5.91 Å². The minimum absolute atomic E-state index is 0.267. The first-order chi connectivity index (χ1) is 17.5. The summed E-state index contributed by atoms with van der Waals surface area (Å²) in [6, 6.07) is 14.6. The van der Waals surface area contributed by atoms with Crippen LogP contribution in [0.15, 0.2) is 73.3 Å². The van der Waals surface area contributed by atoms with Gasteiger partial charge in [-0.2, -0.15) is 0 Å². The van der Waals surface area contributed by atoms with Crippen LogP contribution in [0.5, 0.6) is 0 Å². The summed E-state index contributed by atoms with van der Waals surface area (Å²) in [7, 11) is 0. The number of nitrogens with zero attached hydrogens (tertiary/aromatic N) is 5. The van der Waals surface area contributed by atoms with Crippen molar-refractivity contribution in [1.82, 2.24) is 19.9 Å². The van der Waals surface area contributed by atoms with Gasteiger partial charge >= 0.3 is 0 Å². The van der Waals surface area contributed by atoms with Crippen molar-refractivity contribution < 1.29 is 9.18 Å². The van der Waals surface area contributed by atoms with E-state index in [4.69, 9.17) is 0 Å². The van der Waals surface area contributed by atoms with E-state index in [-0.39, 0.29) is 5.91 Å². The van der Waals surface area contributed by atoms with Gasteiger partial charge in [0.15, 0.2) is 0 Å². The second-order valence-corrected chi connectivity index (χ2v) is 8.70. The summed E-state index contributed by atoms with van der Waals surface area (Å²) in [5, 5.41) is 6.19. The molecule has 0 radical (unpaired) electrons. The highest BCUT2D eigenvalue weighted by Crippen LogP contribution is 2.25. The fourth-order valence-corrected chi connectivity index (χ4v) is 4.12. The fraction of sp³-hybridized carbons (Fsp3) is 0.222. The number of aromatic nitrogens is 4. The zero-order valence-electron chi connectivity index (χ0n) is 19.9. The summed E-state index contributed by atoms with van der Waals surface area (Å²) >= 11 is 0. The molecule has 4 heterocycles. The number of carbonyl (C=O) groups excluding carboxylic acids is 1. The van der Waals surface area contributed by atoms with Crippen LogP contribution in [-0.4, -0.2) is 45.1 Å². The predicted molar refractivity (Wildman–Crippen MR) is 138 cm³/mol. The van der Waals surface area contributed by atoms with Crippen molar-refractivity contribution in [2.45, 2.75) is 25.9 Å². The number of alkyl halides is 1. The number of pyridine rings is 2. The molecule has 1 aliphatic rings. The normalized spacial score (nSPS) is 15.4. The van der Waals surface area contributed by atoms with Gasteiger partial charge in [0, 0.05) is 53.8 Å². The summed E-state index contributed by atoms with van der Waals surface area (Å²) in [5.74, 6) is 0.786. The van der Waals surface area contributed by atoms with Crippen LogP contribution in [0.3, 0.4) is 0 Å². The van der Waals surface area contributed by atoms with Crippen LogP contribution in [0.1, 0.15) is 28.8 Å². The third kappa shape index (κ3) is 5.46. The highest BCUT2D eigenvalue weighted by atomic mass is 19.1. The Morgan fingerprint density at radius 2 is 1.97 bits per heavy atom. The molecule has 1 saturated heterocycles. The number of anilines is 4. The number of piperidine rings is 1. The molecule has 5 rings (SSSR count). The standard InChI is InChI=1S/C27H26FN7O/c1-18-6-7-22(15-24(18)34-27-31-12-9-23(33-27)20-4-2-10-29-16-20)32-26(36)19-8-11-30-25(14-19)35-13-3-5-21(28)17-35/h2,4,6-12,14-16,21H,3,5,13,17H2,1H3,(H,32,36)(H,31,33,34). The van der Waals surface area contributed by atoms with E-state index in [1.807, 2.05) is 48.2 Å². The molecule has 1 amide bonds. The molecule has 1 aliphatic heterocycles. The van der Waals surface area contributed by atoms with Crippen molar-refractivity contribution in [1.29, 1.82) is 0 Å². The fourth-order valence-electron chi connectivity index (χ4n) is 4.12. The molecule has 1 fully saturated rings. The number of nitrogens with one attached hydrogen (secondary N) is 2. The van der Waals surface area contributed by atoms with Crippen molar-refractivity contribution in [3.63, 3.8) is 0 Å². The quantitative estimate of drug-likeness (QED) is 0.390. The van der Waals surface area contributed by atoms with Crippen molar-refractivity contribution in [3.8, 4) is 11.3 Å². The lowest BCUT2D eigenvalue weighted by Gasteiger charge is -2.30. The molecule has 2 N–H and O–H groups in total. The van der Waals surface area contributed by atoms with Crippen molar-refractivity contribution >= 4 is 29.0 Å². The Morgan fingerprint density at radius 1 is 1.08 bits per heavy atom. The lowest BCUT2D eigenvalue weighted by molar-refractivity contribution is 0.102. The summed E-state index contributed by atoms with van der Waals surface area (Å²) < 4.78 is 13.8.